The number of nitrogens with one attached hydrogen (secondary N) is 1. The Balaban J connectivity index is 3.19. The lowest BCUT2D eigenvalue weighted by molar-refractivity contribution is 0.192. The Bertz CT molecular complexity index is 126. The van der Waals surface area contributed by atoms with Crippen molar-refractivity contribution in [3.05, 3.63) is 0 Å². The van der Waals surface area contributed by atoms with Crippen LogP contribution in [0.3, 0.4) is 0 Å². The summed E-state index contributed by atoms with van der Waals surface area (Å²) in [5.74, 6) is 0. The van der Waals surface area contributed by atoms with Crippen LogP contribution in [0.2, 0.25) is 0 Å². The van der Waals surface area contributed by atoms with Crippen LogP contribution in [-0.4, -0.2) is 12.6 Å². The van der Waals surface area contributed by atoms with Crippen molar-refractivity contribution in [3.8, 4) is 12.5 Å². The summed E-state index contributed by atoms with van der Waals surface area (Å²) in [6, 6.07) is 0. The minimum Gasteiger partial charge on any atom is -0.356 e. The standard InChI is InChI=1S/C6H9NO2/c1-3-5-7-6(8)9-4-2/h2H,3,5H2,1H3,(H,7,8). The first-order chi connectivity index (χ1) is 4.31. The second kappa shape index (κ2) is 4.98. The van der Waals surface area contributed by atoms with Crippen molar-refractivity contribution in [1.29, 1.82) is 0 Å². The van der Waals surface area contributed by atoms with Gasteiger partial charge in [-0.3, -0.25) is 0 Å². The lowest BCUT2D eigenvalue weighted by Gasteiger charge is -1.96. The van der Waals surface area contributed by atoms with E-state index in [1.54, 1.807) is 6.11 Å². The second-order valence-corrected chi connectivity index (χ2v) is 1.43. The van der Waals surface area contributed by atoms with Gasteiger partial charge in [-0.15, -0.1) is 0 Å². The Labute approximate surface area is 54.4 Å². The van der Waals surface area contributed by atoms with Crippen LogP contribution in [-0.2, 0) is 4.74 Å². The third kappa shape index (κ3) is 4.69. The van der Waals surface area contributed by atoms with Crippen molar-refractivity contribution in [2.75, 3.05) is 6.54 Å². The first kappa shape index (κ1) is 7.83. The Morgan fingerprint density at radius 2 is 2.56 bits per heavy atom. The van der Waals surface area contributed by atoms with E-state index >= 15 is 0 Å². The summed E-state index contributed by atoms with van der Waals surface area (Å²) in [7, 11) is 0. The van der Waals surface area contributed by atoms with Crippen LogP contribution in [0.5, 0.6) is 0 Å². The minimum absolute atomic E-state index is 0.556. The van der Waals surface area contributed by atoms with Gasteiger partial charge in [0.2, 0.25) is 0 Å². The number of alkyl carbamates (subject to hydrolysis) is 1. The summed E-state index contributed by atoms with van der Waals surface area (Å²) in [5.41, 5.74) is 0. The topological polar surface area (TPSA) is 38.3 Å². The van der Waals surface area contributed by atoms with Crippen LogP contribution in [0.25, 0.3) is 0 Å². The maximum atomic E-state index is 10.3. The fourth-order valence-electron chi connectivity index (χ4n) is 0.317. The summed E-state index contributed by atoms with van der Waals surface area (Å²) in [5, 5.41) is 2.43. The molecule has 0 aromatic rings. The van der Waals surface area contributed by atoms with Gasteiger partial charge in [-0.2, -0.15) is 0 Å². The minimum atomic E-state index is -0.556. The van der Waals surface area contributed by atoms with Gasteiger partial charge in [0.15, 0.2) is 0 Å². The molecule has 0 bridgehead atoms. The third-order valence-electron chi connectivity index (χ3n) is 0.671. The molecule has 0 saturated carbocycles. The van der Waals surface area contributed by atoms with Gasteiger partial charge in [-0.25, -0.2) is 4.79 Å². The van der Waals surface area contributed by atoms with Crippen LogP contribution in [0.1, 0.15) is 13.3 Å². The predicted molar refractivity (Wildman–Crippen MR) is 33.6 cm³/mol. The van der Waals surface area contributed by atoms with Crippen molar-refractivity contribution in [2.45, 2.75) is 13.3 Å². The zero-order chi connectivity index (χ0) is 7.11. The SMILES string of the molecule is C#COC(=O)NCCC. The normalized spacial score (nSPS) is 7.56. The summed E-state index contributed by atoms with van der Waals surface area (Å²) >= 11 is 0. The molecule has 0 aliphatic heterocycles. The molecule has 1 N–H and O–H groups in total. The average Bonchev–Trinajstić information content (AvgIpc) is 1.85. The number of carbonyl (C=O) groups is 1. The Morgan fingerprint density at radius 1 is 1.89 bits per heavy atom. The molecule has 0 atom stereocenters. The molecule has 0 rings (SSSR count). The Hall–Kier alpha value is -1.17. The largest absolute Gasteiger partial charge is 0.421 e. The first-order valence-electron chi connectivity index (χ1n) is 2.71. The van der Waals surface area contributed by atoms with Crippen LogP contribution in [0, 0.1) is 12.5 Å². The molecule has 50 valence electrons. The molecule has 1 amide bonds. The Kier molecular flexibility index (Phi) is 4.33. The molecule has 0 radical (unpaired) electrons. The smallest absolute Gasteiger partial charge is 0.356 e. The van der Waals surface area contributed by atoms with Crippen molar-refractivity contribution in [1.82, 2.24) is 5.32 Å². The number of hydrogen-bond acceptors (Lipinski definition) is 2. The fourth-order valence-corrected chi connectivity index (χ4v) is 0.317. The lowest BCUT2D eigenvalue weighted by atomic mass is 10.5. The molecule has 0 saturated heterocycles. The number of amides is 1. The van der Waals surface area contributed by atoms with E-state index in [0.717, 1.165) is 6.42 Å². The van der Waals surface area contributed by atoms with Crippen LogP contribution < -0.4 is 5.32 Å². The fraction of sp³-hybridized carbons (Fsp3) is 0.500. The molecule has 0 aromatic heterocycles. The number of hydrogen-bond donors (Lipinski definition) is 1. The van der Waals surface area contributed by atoms with E-state index in [4.69, 9.17) is 0 Å². The third-order valence-corrected chi connectivity index (χ3v) is 0.671. The molecular formula is C6H9NO2. The van der Waals surface area contributed by atoms with Gasteiger partial charge in [0.1, 0.15) is 6.11 Å². The number of terminal acetylenes is 1. The van der Waals surface area contributed by atoms with E-state index in [1.165, 1.54) is 0 Å². The maximum Gasteiger partial charge on any atom is 0.421 e. The number of ether oxygens (including phenoxy) is 1. The van der Waals surface area contributed by atoms with Crippen molar-refractivity contribution < 1.29 is 9.53 Å². The second-order valence-electron chi connectivity index (χ2n) is 1.43. The summed E-state index contributed by atoms with van der Waals surface area (Å²) in [6.07, 6.45) is 6.75. The molecular weight excluding hydrogens is 118 g/mol. The van der Waals surface area contributed by atoms with E-state index < -0.39 is 6.09 Å². The molecule has 3 heteroatoms. The zero-order valence-electron chi connectivity index (χ0n) is 5.31. The molecule has 0 aliphatic rings. The van der Waals surface area contributed by atoms with Crippen molar-refractivity contribution in [2.24, 2.45) is 0 Å². The molecule has 0 unspecified atom stereocenters. The average molecular weight is 127 g/mol. The van der Waals surface area contributed by atoms with Crippen molar-refractivity contribution >= 4 is 6.09 Å². The lowest BCUT2D eigenvalue weighted by Crippen LogP contribution is -2.23. The highest BCUT2D eigenvalue weighted by Crippen LogP contribution is 1.74. The van der Waals surface area contributed by atoms with E-state index in [0.29, 0.717) is 6.54 Å². The van der Waals surface area contributed by atoms with Crippen LogP contribution in [0.4, 0.5) is 4.79 Å². The molecule has 0 spiro atoms. The molecule has 9 heavy (non-hydrogen) atoms. The molecule has 0 fully saturated rings. The van der Waals surface area contributed by atoms with E-state index in [1.807, 2.05) is 6.92 Å². The molecule has 0 heterocycles. The summed E-state index contributed by atoms with van der Waals surface area (Å²) < 4.78 is 4.12. The van der Waals surface area contributed by atoms with Crippen molar-refractivity contribution in [3.63, 3.8) is 0 Å². The van der Waals surface area contributed by atoms with E-state index in [9.17, 15) is 4.79 Å². The highest BCUT2D eigenvalue weighted by molar-refractivity contribution is 5.68. The van der Waals surface area contributed by atoms with Gasteiger partial charge in [0.05, 0.1) is 0 Å². The quantitative estimate of drug-likeness (QED) is 0.555. The predicted octanol–water partition coefficient (Wildman–Crippen LogP) is 0.713. The van der Waals surface area contributed by atoms with Gasteiger partial charge < -0.3 is 10.1 Å². The molecule has 0 aliphatic carbocycles. The van der Waals surface area contributed by atoms with Gasteiger partial charge in [0, 0.05) is 6.54 Å². The highest BCUT2D eigenvalue weighted by atomic mass is 16.5. The van der Waals surface area contributed by atoms with Gasteiger partial charge >= 0.3 is 6.09 Å². The number of carbonyl (C=O) groups excluding carboxylic acids is 1. The van der Waals surface area contributed by atoms with Crippen LogP contribution >= 0.6 is 0 Å². The van der Waals surface area contributed by atoms with E-state index in [-0.39, 0.29) is 0 Å². The number of rotatable bonds is 2. The van der Waals surface area contributed by atoms with Gasteiger partial charge in [-0.1, -0.05) is 13.3 Å². The first-order valence-corrected chi connectivity index (χ1v) is 2.71. The summed E-state index contributed by atoms with van der Waals surface area (Å²) in [4.78, 5) is 10.3. The Morgan fingerprint density at radius 3 is 3.00 bits per heavy atom. The van der Waals surface area contributed by atoms with Crippen LogP contribution in [0.15, 0.2) is 0 Å². The highest BCUT2D eigenvalue weighted by Gasteiger charge is 1.94. The zero-order valence-corrected chi connectivity index (χ0v) is 5.31. The maximum absolute atomic E-state index is 10.3. The summed E-state index contributed by atoms with van der Waals surface area (Å²) in [6.45, 7) is 2.54. The molecule has 3 nitrogen and oxygen atoms in total. The van der Waals surface area contributed by atoms with Gasteiger partial charge in [-0.05, 0) is 6.42 Å². The molecule has 0 aromatic carbocycles. The van der Waals surface area contributed by atoms with E-state index in [2.05, 4.69) is 16.5 Å². The van der Waals surface area contributed by atoms with Gasteiger partial charge in [0.25, 0.3) is 0 Å². The monoisotopic (exact) mass is 127 g/mol.